The van der Waals surface area contributed by atoms with Crippen LogP contribution in [0.2, 0.25) is 0 Å². The van der Waals surface area contributed by atoms with E-state index in [1.807, 2.05) is 6.92 Å². The monoisotopic (exact) mass is 201 g/mol. The summed E-state index contributed by atoms with van der Waals surface area (Å²) in [4.78, 5) is 23.6. The van der Waals surface area contributed by atoms with E-state index in [1.165, 1.54) is 4.90 Å². The third-order valence-corrected chi connectivity index (χ3v) is 1.84. The first kappa shape index (κ1) is 12.9. The van der Waals surface area contributed by atoms with E-state index in [2.05, 4.69) is 0 Å². The van der Waals surface area contributed by atoms with Gasteiger partial charge >= 0.3 is 0 Å². The minimum atomic E-state index is -0.480. The molecule has 0 unspecified atom stereocenters. The number of rotatable bonds is 7. The Morgan fingerprint density at radius 2 is 2.00 bits per heavy atom. The van der Waals surface area contributed by atoms with Gasteiger partial charge in [-0.1, -0.05) is 13.3 Å². The topological polar surface area (TPSA) is 89.4 Å². The Hall–Kier alpha value is -1.10. The standard InChI is InChI=1S/C9H19N3O2/c1-2-3-6-12(7-8(11)13)9(14)4-5-10/h2-7,10H2,1H3,(H2,11,13). The fraction of sp³-hybridized carbons (Fsp3) is 0.778. The van der Waals surface area contributed by atoms with E-state index in [1.54, 1.807) is 0 Å². The summed E-state index contributed by atoms with van der Waals surface area (Å²) in [5.41, 5.74) is 10.3. The van der Waals surface area contributed by atoms with Gasteiger partial charge in [-0.3, -0.25) is 9.59 Å². The van der Waals surface area contributed by atoms with Crippen LogP contribution in [-0.4, -0.2) is 36.3 Å². The highest BCUT2D eigenvalue weighted by molar-refractivity contribution is 5.83. The molecule has 0 aromatic carbocycles. The van der Waals surface area contributed by atoms with Crippen molar-refractivity contribution in [2.45, 2.75) is 26.2 Å². The lowest BCUT2D eigenvalue weighted by atomic mass is 10.3. The number of unbranched alkanes of at least 4 members (excludes halogenated alkanes) is 1. The molecule has 0 aliphatic carbocycles. The van der Waals surface area contributed by atoms with Crippen molar-refractivity contribution in [3.05, 3.63) is 0 Å². The molecule has 0 aliphatic rings. The molecule has 0 saturated heterocycles. The summed E-state index contributed by atoms with van der Waals surface area (Å²) in [5.74, 6) is -0.578. The normalized spacial score (nSPS) is 9.86. The van der Waals surface area contributed by atoms with E-state index < -0.39 is 5.91 Å². The SMILES string of the molecule is CCCCN(CC(N)=O)C(=O)CCN. The summed E-state index contributed by atoms with van der Waals surface area (Å²) < 4.78 is 0. The molecule has 0 heterocycles. The molecule has 0 aromatic heterocycles. The van der Waals surface area contributed by atoms with Crippen LogP contribution in [0.3, 0.4) is 0 Å². The van der Waals surface area contributed by atoms with E-state index in [-0.39, 0.29) is 18.9 Å². The molecule has 0 aromatic rings. The molecular formula is C9H19N3O2. The van der Waals surface area contributed by atoms with Gasteiger partial charge in [-0.2, -0.15) is 0 Å². The van der Waals surface area contributed by atoms with Crippen LogP contribution in [0.5, 0.6) is 0 Å². The van der Waals surface area contributed by atoms with Crippen molar-refractivity contribution in [3.63, 3.8) is 0 Å². The average Bonchev–Trinajstić information content (AvgIpc) is 2.12. The number of amides is 2. The second-order valence-electron chi connectivity index (χ2n) is 3.17. The van der Waals surface area contributed by atoms with Crippen molar-refractivity contribution in [1.82, 2.24) is 4.90 Å². The van der Waals surface area contributed by atoms with Crippen molar-refractivity contribution < 1.29 is 9.59 Å². The van der Waals surface area contributed by atoms with Gasteiger partial charge in [-0.15, -0.1) is 0 Å². The maximum Gasteiger partial charge on any atom is 0.237 e. The van der Waals surface area contributed by atoms with E-state index in [0.717, 1.165) is 12.8 Å². The maximum atomic E-state index is 11.4. The number of nitrogens with zero attached hydrogens (tertiary/aromatic N) is 1. The molecular weight excluding hydrogens is 182 g/mol. The first-order chi connectivity index (χ1) is 6.61. The molecule has 2 amide bonds. The number of carbonyl (C=O) groups excluding carboxylic acids is 2. The first-order valence-electron chi connectivity index (χ1n) is 4.88. The largest absolute Gasteiger partial charge is 0.368 e. The van der Waals surface area contributed by atoms with Gasteiger partial charge in [0, 0.05) is 19.5 Å². The molecule has 0 atom stereocenters. The minimum Gasteiger partial charge on any atom is -0.368 e. The Balaban J connectivity index is 4.08. The van der Waals surface area contributed by atoms with Gasteiger partial charge in [-0.05, 0) is 6.42 Å². The van der Waals surface area contributed by atoms with Crippen LogP contribution < -0.4 is 11.5 Å². The zero-order chi connectivity index (χ0) is 11.0. The van der Waals surface area contributed by atoms with Gasteiger partial charge in [0.15, 0.2) is 0 Å². The van der Waals surface area contributed by atoms with Crippen molar-refractivity contribution in [2.24, 2.45) is 11.5 Å². The fourth-order valence-electron chi connectivity index (χ4n) is 1.11. The lowest BCUT2D eigenvalue weighted by molar-refractivity contribution is -0.135. The minimum absolute atomic E-state index is 0.00116. The predicted molar refractivity (Wildman–Crippen MR) is 54.4 cm³/mol. The zero-order valence-electron chi connectivity index (χ0n) is 8.66. The molecule has 0 aliphatic heterocycles. The van der Waals surface area contributed by atoms with Gasteiger partial charge < -0.3 is 16.4 Å². The van der Waals surface area contributed by atoms with E-state index in [4.69, 9.17) is 11.5 Å². The maximum absolute atomic E-state index is 11.4. The van der Waals surface area contributed by atoms with Crippen LogP contribution in [-0.2, 0) is 9.59 Å². The van der Waals surface area contributed by atoms with Crippen LogP contribution in [0.4, 0.5) is 0 Å². The number of nitrogens with two attached hydrogens (primary N) is 2. The molecule has 0 rings (SSSR count). The van der Waals surface area contributed by atoms with Crippen molar-refractivity contribution in [1.29, 1.82) is 0 Å². The fourth-order valence-corrected chi connectivity index (χ4v) is 1.11. The summed E-state index contributed by atoms with van der Waals surface area (Å²) in [7, 11) is 0. The van der Waals surface area contributed by atoms with Gasteiger partial charge in [0.1, 0.15) is 0 Å². The predicted octanol–water partition coefficient (Wildman–Crippen LogP) is -0.551. The summed E-state index contributed by atoms with van der Waals surface area (Å²) in [6.07, 6.45) is 2.13. The quantitative estimate of drug-likeness (QED) is 0.579. The third-order valence-electron chi connectivity index (χ3n) is 1.84. The molecule has 4 N–H and O–H groups in total. The summed E-state index contributed by atoms with van der Waals surface area (Å²) in [6, 6.07) is 0. The lowest BCUT2D eigenvalue weighted by Crippen LogP contribution is -2.39. The smallest absolute Gasteiger partial charge is 0.237 e. The highest BCUT2D eigenvalue weighted by Gasteiger charge is 2.13. The molecule has 5 nitrogen and oxygen atoms in total. The Morgan fingerprint density at radius 3 is 2.43 bits per heavy atom. The Kier molecular flexibility index (Phi) is 6.74. The number of primary amides is 1. The van der Waals surface area contributed by atoms with Gasteiger partial charge in [0.25, 0.3) is 0 Å². The van der Waals surface area contributed by atoms with Crippen LogP contribution >= 0.6 is 0 Å². The highest BCUT2D eigenvalue weighted by atomic mass is 16.2. The Morgan fingerprint density at radius 1 is 1.36 bits per heavy atom. The van der Waals surface area contributed by atoms with Crippen molar-refractivity contribution >= 4 is 11.8 Å². The molecule has 0 saturated carbocycles. The summed E-state index contributed by atoms with van der Waals surface area (Å²) in [6.45, 7) is 2.91. The first-order valence-corrected chi connectivity index (χ1v) is 4.88. The van der Waals surface area contributed by atoms with Gasteiger partial charge in [0.05, 0.1) is 6.54 Å². The van der Waals surface area contributed by atoms with Crippen molar-refractivity contribution in [2.75, 3.05) is 19.6 Å². The molecule has 14 heavy (non-hydrogen) atoms. The molecule has 82 valence electrons. The molecule has 0 bridgehead atoms. The van der Waals surface area contributed by atoms with Crippen molar-refractivity contribution in [3.8, 4) is 0 Å². The number of carbonyl (C=O) groups is 2. The van der Waals surface area contributed by atoms with Crippen LogP contribution in [0.25, 0.3) is 0 Å². The Labute approximate surface area is 84.4 Å². The van der Waals surface area contributed by atoms with E-state index in [0.29, 0.717) is 13.1 Å². The second kappa shape index (κ2) is 7.32. The van der Waals surface area contributed by atoms with Crippen LogP contribution in [0.1, 0.15) is 26.2 Å². The van der Waals surface area contributed by atoms with Crippen LogP contribution in [0, 0.1) is 0 Å². The molecule has 0 spiro atoms. The average molecular weight is 201 g/mol. The molecule has 5 heteroatoms. The zero-order valence-corrected chi connectivity index (χ0v) is 8.66. The van der Waals surface area contributed by atoms with Gasteiger partial charge in [0.2, 0.25) is 11.8 Å². The second-order valence-corrected chi connectivity index (χ2v) is 3.17. The van der Waals surface area contributed by atoms with Gasteiger partial charge in [-0.25, -0.2) is 0 Å². The highest BCUT2D eigenvalue weighted by Crippen LogP contribution is 1.97. The summed E-state index contributed by atoms with van der Waals surface area (Å²) in [5, 5.41) is 0. The Bertz CT molecular complexity index is 194. The summed E-state index contributed by atoms with van der Waals surface area (Å²) >= 11 is 0. The molecule has 0 radical (unpaired) electrons. The van der Waals surface area contributed by atoms with E-state index >= 15 is 0 Å². The number of hydrogen-bond acceptors (Lipinski definition) is 3. The number of hydrogen-bond donors (Lipinski definition) is 2. The van der Waals surface area contributed by atoms with Crippen LogP contribution in [0.15, 0.2) is 0 Å². The van der Waals surface area contributed by atoms with E-state index in [9.17, 15) is 9.59 Å². The lowest BCUT2D eigenvalue weighted by Gasteiger charge is -2.20. The molecule has 0 fully saturated rings. The third kappa shape index (κ3) is 5.53.